The van der Waals surface area contributed by atoms with Gasteiger partial charge in [-0.2, -0.15) is 16.8 Å². The molecular weight excluding hydrogens is 374 g/mol. The Bertz CT molecular complexity index is 595. The van der Waals surface area contributed by atoms with Gasteiger partial charge in [-0.3, -0.25) is 13.2 Å². The van der Waals surface area contributed by atoms with Crippen molar-refractivity contribution in [1.29, 1.82) is 0 Å². The summed E-state index contributed by atoms with van der Waals surface area (Å²) in [5, 5.41) is 3.12. The average Bonchev–Trinajstić information content (AvgIpc) is 2.37. The zero-order chi connectivity index (χ0) is 19.7. The van der Waals surface area contributed by atoms with Crippen LogP contribution in [0.1, 0.15) is 33.6 Å². The van der Waals surface area contributed by atoms with Crippen molar-refractivity contribution < 1.29 is 34.7 Å². The number of carbonyl (C=O) groups excluding carboxylic acids is 1. The minimum atomic E-state index is -3.50. The van der Waals surface area contributed by atoms with Crippen LogP contribution in [-0.4, -0.2) is 67.2 Å². The molecule has 9 nitrogen and oxygen atoms in total. The molecule has 0 aromatic carbocycles. The maximum Gasteiger partial charge on any atom is 0.293 e. The average molecular weight is 404 g/mol. The molecule has 1 heterocycles. The van der Waals surface area contributed by atoms with E-state index in [4.69, 9.17) is 4.18 Å². The molecule has 25 heavy (non-hydrogen) atoms. The van der Waals surface area contributed by atoms with Crippen molar-refractivity contribution in [3.63, 3.8) is 0 Å². The van der Waals surface area contributed by atoms with Gasteiger partial charge in [-0.05, 0) is 40.2 Å². The first-order chi connectivity index (χ1) is 11.2. The van der Waals surface area contributed by atoms with E-state index in [0.29, 0.717) is 32.4 Å². The van der Waals surface area contributed by atoms with E-state index >= 15 is 0 Å². The van der Waals surface area contributed by atoms with Crippen LogP contribution in [0.2, 0.25) is 0 Å². The van der Waals surface area contributed by atoms with Gasteiger partial charge in [0.15, 0.2) is 0 Å². The van der Waals surface area contributed by atoms with Gasteiger partial charge in [-0.25, -0.2) is 0 Å². The van der Waals surface area contributed by atoms with Crippen molar-refractivity contribution >= 4 is 26.7 Å². The van der Waals surface area contributed by atoms with Crippen molar-refractivity contribution in [1.82, 2.24) is 5.32 Å². The molecule has 2 atom stereocenters. The molecule has 150 valence electrons. The molecule has 2 unspecified atom stereocenters. The highest BCUT2D eigenvalue weighted by molar-refractivity contribution is 7.86. The summed E-state index contributed by atoms with van der Waals surface area (Å²) in [6.45, 7) is 7.23. The minimum Gasteiger partial charge on any atom is -0.462 e. The normalized spacial score (nSPS) is 21.8. The second-order valence-corrected chi connectivity index (χ2v) is 9.98. The fourth-order valence-electron chi connectivity index (χ4n) is 2.03. The standard InChI is InChI=1S/C9H19NO6S2.C5H10O2/c1-17(11,12)15-6-4-8-7-10-5-3-9(8)16-18(2,13)14;1-5(2,3)7-4-6/h8-10H,3-7H2,1-2H3;4H,1-3H3. The first-order valence-corrected chi connectivity index (χ1v) is 11.4. The Morgan fingerprint density at radius 2 is 1.72 bits per heavy atom. The van der Waals surface area contributed by atoms with Crippen LogP contribution in [0, 0.1) is 5.92 Å². The van der Waals surface area contributed by atoms with Gasteiger partial charge < -0.3 is 10.1 Å². The van der Waals surface area contributed by atoms with Crippen LogP contribution in [0.3, 0.4) is 0 Å². The second-order valence-electron chi connectivity index (χ2n) is 6.73. The van der Waals surface area contributed by atoms with Crippen LogP contribution in [0.5, 0.6) is 0 Å². The molecule has 1 fully saturated rings. The second kappa shape index (κ2) is 10.4. The number of ether oxygens (including phenoxy) is 1. The van der Waals surface area contributed by atoms with Gasteiger partial charge >= 0.3 is 0 Å². The fourth-order valence-corrected chi connectivity index (χ4v) is 3.13. The number of carbonyl (C=O) groups is 1. The van der Waals surface area contributed by atoms with E-state index in [-0.39, 0.29) is 18.1 Å². The molecule has 0 radical (unpaired) electrons. The first kappa shape index (κ1) is 24.2. The molecule has 1 aliphatic rings. The van der Waals surface area contributed by atoms with E-state index in [9.17, 15) is 21.6 Å². The summed E-state index contributed by atoms with van der Waals surface area (Å²) in [6, 6.07) is 0. The zero-order valence-corrected chi connectivity index (χ0v) is 17.0. The number of piperidine rings is 1. The molecule has 0 aliphatic carbocycles. The molecule has 11 heteroatoms. The summed E-state index contributed by atoms with van der Waals surface area (Å²) in [5.41, 5.74) is -0.318. The summed E-state index contributed by atoms with van der Waals surface area (Å²) in [4.78, 5) is 9.60. The number of rotatable bonds is 7. The molecule has 0 bridgehead atoms. The molecule has 0 spiro atoms. The van der Waals surface area contributed by atoms with Crippen LogP contribution >= 0.6 is 0 Å². The van der Waals surface area contributed by atoms with E-state index in [0.717, 1.165) is 12.5 Å². The van der Waals surface area contributed by atoms with Gasteiger partial charge in [-0.1, -0.05) is 0 Å². The molecule has 0 aromatic heterocycles. The van der Waals surface area contributed by atoms with Crippen molar-refractivity contribution in [2.75, 3.05) is 32.2 Å². The Kier molecular flexibility index (Phi) is 10.1. The molecule has 1 rings (SSSR count). The number of hydrogen-bond acceptors (Lipinski definition) is 9. The third-order valence-corrected chi connectivity index (χ3v) is 4.22. The lowest BCUT2D eigenvalue weighted by Gasteiger charge is -2.30. The Hall–Kier alpha value is -0.750. The van der Waals surface area contributed by atoms with E-state index < -0.39 is 26.3 Å². The summed E-state index contributed by atoms with van der Waals surface area (Å²) < 4.78 is 58.1. The molecule has 1 N–H and O–H groups in total. The highest BCUT2D eigenvalue weighted by atomic mass is 32.2. The van der Waals surface area contributed by atoms with Crippen LogP contribution in [0.25, 0.3) is 0 Å². The van der Waals surface area contributed by atoms with Crippen molar-refractivity contribution in [2.24, 2.45) is 5.92 Å². The maximum atomic E-state index is 11.1. The number of nitrogens with one attached hydrogen (secondary N) is 1. The molecular formula is C14H29NO8S2. The van der Waals surface area contributed by atoms with E-state index in [1.165, 1.54) is 0 Å². The molecule has 0 amide bonds. The molecule has 1 aliphatic heterocycles. The Labute approximate surface area is 150 Å². The monoisotopic (exact) mass is 403 g/mol. The molecule has 0 aromatic rings. The summed E-state index contributed by atoms with van der Waals surface area (Å²) in [6.07, 6.45) is 2.59. The summed E-state index contributed by atoms with van der Waals surface area (Å²) >= 11 is 0. The predicted octanol–water partition coefficient (Wildman–Crippen LogP) is 0.265. The lowest BCUT2D eigenvalue weighted by atomic mass is 9.93. The lowest BCUT2D eigenvalue weighted by molar-refractivity contribution is -0.138. The van der Waals surface area contributed by atoms with Gasteiger partial charge in [0.25, 0.3) is 26.7 Å². The van der Waals surface area contributed by atoms with E-state index in [2.05, 4.69) is 14.2 Å². The van der Waals surface area contributed by atoms with Gasteiger partial charge in [0.05, 0.1) is 25.2 Å². The fraction of sp³-hybridized carbons (Fsp3) is 0.929. The van der Waals surface area contributed by atoms with Crippen LogP contribution in [0.4, 0.5) is 0 Å². The number of hydrogen-bond donors (Lipinski definition) is 1. The summed E-state index contributed by atoms with van der Waals surface area (Å²) in [7, 11) is -6.95. The Morgan fingerprint density at radius 3 is 2.12 bits per heavy atom. The SMILES string of the molecule is CC(C)(C)OC=O.CS(=O)(=O)OCCC1CNCCC1OS(C)(=O)=O. The quantitative estimate of drug-likeness (QED) is 0.471. The van der Waals surface area contributed by atoms with Crippen LogP contribution in [0.15, 0.2) is 0 Å². The highest BCUT2D eigenvalue weighted by Crippen LogP contribution is 2.20. The van der Waals surface area contributed by atoms with E-state index in [1.807, 2.05) is 20.8 Å². The zero-order valence-electron chi connectivity index (χ0n) is 15.4. The third-order valence-electron chi connectivity index (χ3n) is 3.02. The van der Waals surface area contributed by atoms with Gasteiger partial charge in [0.2, 0.25) is 0 Å². The highest BCUT2D eigenvalue weighted by Gasteiger charge is 2.28. The van der Waals surface area contributed by atoms with Crippen molar-refractivity contribution in [2.45, 2.75) is 45.3 Å². The minimum absolute atomic E-state index is 0.0365. The van der Waals surface area contributed by atoms with Crippen LogP contribution < -0.4 is 5.32 Å². The van der Waals surface area contributed by atoms with Gasteiger partial charge in [-0.15, -0.1) is 0 Å². The molecule has 1 saturated heterocycles. The van der Waals surface area contributed by atoms with Gasteiger partial charge in [0.1, 0.15) is 5.60 Å². The predicted molar refractivity (Wildman–Crippen MR) is 93.0 cm³/mol. The van der Waals surface area contributed by atoms with E-state index in [1.54, 1.807) is 0 Å². The van der Waals surface area contributed by atoms with Crippen LogP contribution in [-0.2, 0) is 38.1 Å². The molecule has 0 saturated carbocycles. The Balaban J connectivity index is 0.000000697. The maximum absolute atomic E-state index is 11.1. The lowest BCUT2D eigenvalue weighted by Crippen LogP contribution is -2.42. The van der Waals surface area contributed by atoms with Gasteiger partial charge in [0, 0.05) is 12.5 Å². The van der Waals surface area contributed by atoms with Crippen molar-refractivity contribution in [3.8, 4) is 0 Å². The first-order valence-electron chi connectivity index (χ1n) is 7.78. The third kappa shape index (κ3) is 15.2. The topological polar surface area (TPSA) is 125 Å². The smallest absolute Gasteiger partial charge is 0.293 e. The Morgan fingerprint density at radius 1 is 1.12 bits per heavy atom. The van der Waals surface area contributed by atoms with Crippen molar-refractivity contribution in [3.05, 3.63) is 0 Å². The largest absolute Gasteiger partial charge is 0.462 e. The summed E-state index contributed by atoms with van der Waals surface area (Å²) in [5.74, 6) is -0.0739.